The van der Waals surface area contributed by atoms with Crippen molar-refractivity contribution in [3.8, 4) is 5.75 Å². The number of para-hydroxylation sites is 1. The summed E-state index contributed by atoms with van der Waals surface area (Å²) in [7, 11) is 4.04. The summed E-state index contributed by atoms with van der Waals surface area (Å²) >= 11 is 1.67. The van der Waals surface area contributed by atoms with E-state index in [0.29, 0.717) is 6.54 Å². The fourth-order valence-electron chi connectivity index (χ4n) is 2.68. The molecule has 1 atom stereocenters. The minimum Gasteiger partial charge on any atom is -0.483 e. The second-order valence-electron chi connectivity index (χ2n) is 7.38. The highest BCUT2D eigenvalue weighted by Crippen LogP contribution is 2.30. The van der Waals surface area contributed by atoms with E-state index in [1.54, 1.807) is 11.3 Å². The molecule has 1 aromatic heterocycles. The van der Waals surface area contributed by atoms with Gasteiger partial charge in [-0.05, 0) is 53.5 Å². The van der Waals surface area contributed by atoms with Gasteiger partial charge in [0.15, 0.2) is 6.61 Å². The van der Waals surface area contributed by atoms with E-state index in [9.17, 15) is 4.79 Å². The molecule has 5 heteroatoms. The summed E-state index contributed by atoms with van der Waals surface area (Å²) in [4.78, 5) is 14.3. The Hall–Kier alpha value is -1.85. The molecular formula is C20H28N2O2S. The van der Waals surface area contributed by atoms with Crippen molar-refractivity contribution < 1.29 is 9.53 Å². The van der Waals surface area contributed by atoms with Gasteiger partial charge < -0.3 is 15.0 Å². The van der Waals surface area contributed by atoms with Crippen LogP contribution in [0.2, 0.25) is 0 Å². The van der Waals surface area contributed by atoms with E-state index >= 15 is 0 Å². The highest BCUT2D eigenvalue weighted by molar-refractivity contribution is 7.07. The van der Waals surface area contributed by atoms with Crippen molar-refractivity contribution in [1.29, 1.82) is 0 Å². The molecule has 1 heterocycles. The van der Waals surface area contributed by atoms with Crippen molar-refractivity contribution in [2.24, 2.45) is 0 Å². The van der Waals surface area contributed by atoms with E-state index < -0.39 is 0 Å². The van der Waals surface area contributed by atoms with Gasteiger partial charge in [-0.25, -0.2) is 0 Å². The highest BCUT2D eigenvalue weighted by atomic mass is 32.1. The smallest absolute Gasteiger partial charge is 0.258 e. The summed E-state index contributed by atoms with van der Waals surface area (Å²) in [6.45, 7) is 7.00. The minimum absolute atomic E-state index is 0.0247. The molecule has 2 rings (SSSR count). The number of nitrogens with zero attached hydrogens (tertiary/aromatic N) is 1. The Morgan fingerprint density at radius 2 is 1.96 bits per heavy atom. The Bertz CT molecular complexity index is 675. The molecule has 0 aliphatic heterocycles. The van der Waals surface area contributed by atoms with Crippen LogP contribution < -0.4 is 10.1 Å². The van der Waals surface area contributed by atoms with Gasteiger partial charge in [-0.2, -0.15) is 11.3 Å². The summed E-state index contributed by atoms with van der Waals surface area (Å²) in [5.74, 6) is 0.665. The molecule has 0 bridgehead atoms. The van der Waals surface area contributed by atoms with E-state index in [0.717, 1.165) is 11.3 Å². The first kappa shape index (κ1) is 19.5. The number of ether oxygens (including phenoxy) is 1. The lowest BCUT2D eigenvalue weighted by Gasteiger charge is -2.24. The van der Waals surface area contributed by atoms with Gasteiger partial charge in [-0.15, -0.1) is 0 Å². The first-order chi connectivity index (χ1) is 11.8. The Morgan fingerprint density at radius 1 is 1.24 bits per heavy atom. The summed E-state index contributed by atoms with van der Waals surface area (Å²) in [5.41, 5.74) is 2.30. The maximum Gasteiger partial charge on any atom is 0.258 e. The van der Waals surface area contributed by atoms with Crippen molar-refractivity contribution in [2.45, 2.75) is 32.2 Å². The Morgan fingerprint density at radius 3 is 2.56 bits per heavy atom. The van der Waals surface area contributed by atoms with Gasteiger partial charge in [0.2, 0.25) is 0 Å². The standard InChI is InChI=1S/C20H28N2O2S/c1-20(2,3)16-8-6-7-9-18(16)24-13-19(23)21-12-17(22(4)5)15-10-11-25-14-15/h6-11,14,17H,12-13H2,1-5H3,(H,21,23). The van der Waals surface area contributed by atoms with E-state index in [-0.39, 0.29) is 24.0 Å². The van der Waals surface area contributed by atoms with Crippen molar-refractivity contribution in [1.82, 2.24) is 10.2 Å². The number of thiophene rings is 1. The fourth-order valence-corrected chi connectivity index (χ4v) is 3.39. The number of likely N-dealkylation sites (N-methyl/N-ethyl adjacent to an activating group) is 1. The molecule has 136 valence electrons. The summed E-state index contributed by atoms with van der Waals surface area (Å²) in [5, 5.41) is 7.15. The molecule has 0 fully saturated rings. The number of hydrogen-bond donors (Lipinski definition) is 1. The van der Waals surface area contributed by atoms with Crippen molar-refractivity contribution in [3.63, 3.8) is 0 Å². The second kappa shape index (κ2) is 8.50. The Labute approximate surface area is 154 Å². The van der Waals surface area contributed by atoms with Gasteiger partial charge in [0.25, 0.3) is 5.91 Å². The van der Waals surface area contributed by atoms with Crippen LogP contribution in [-0.2, 0) is 10.2 Å². The van der Waals surface area contributed by atoms with Crippen LogP contribution in [0.4, 0.5) is 0 Å². The van der Waals surface area contributed by atoms with Gasteiger partial charge in [0, 0.05) is 6.54 Å². The first-order valence-electron chi connectivity index (χ1n) is 8.46. The number of carbonyl (C=O) groups is 1. The lowest BCUT2D eigenvalue weighted by atomic mass is 9.86. The molecule has 1 amide bonds. The van der Waals surface area contributed by atoms with Crippen LogP contribution in [0.15, 0.2) is 41.1 Å². The normalized spacial score (nSPS) is 12.9. The number of carbonyl (C=O) groups excluding carboxylic acids is 1. The quantitative estimate of drug-likeness (QED) is 0.815. The van der Waals surface area contributed by atoms with Gasteiger partial charge in [0.1, 0.15) is 5.75 Å². The third-order valence-electron chi connectivity index (χ3n) is 4.10. The van der Waals surface area contributed by atoms with Gasteiger partial charge >= 0.3 is 0 Å². The lowest BCUT2D eigenvalue weighted by Crippen LogP contribution is -2.36. The molecule has 1 aromatic carbocycles. The van der Waals surface area contributed by atoms with Gasteiger partial charge in [-0.3, -0.25) is 4.79 Å². The first-order valence-corrected chi connectivity index (χ1v) is 9.41. The van der Waals surface area contributed by atoms with Crippen LogP contribution >= 0.6 is 11.3 Å². The number of benzene rings is 1. The van der Waals surface area contributed by atoms with E-state index in [1.807, 2.05) is 38.4 Å². The predicted molar refractivity (Wildman–Crippen MR) is 104 cm³/mol. The predicted octanol–water partition coefficient (Wildman–Crippen LogP) is 3.84. The SMILES string of the molecule is CN(C)C(CNC(=O)COc1ccccc1C(C)(C)C)c1ccsc1. The average Bonchev–Trinajstić information content (AvgIpc) is 3.06. The van der Waals surface area contributed by atoms with Crippen LogP contribution in [0.3, 0.4) is 0 Å². The van der Waals surface area contributed by atoms with E-state index in [2.05, 4.69) is 47.8 Å². The molecule has 4 nitrogen and oxygen atoms in total. The summed E-state index contributed by atoms with van der Waals surface area (Å²) in [6.07, 6.45) is 0. The zero-order valence-electron chi connectivity index (χ0n) is 15.7. The minimum atomic E-state index is -0.106. The van der Waals surface area contributed by atoms with Crippen molar-refractivity contribution in [2.75, 3.05) is 27.2 Å². The fraction of sp³-hybridized carbons (Fsp3) is 0.450. The third-order valence-corrected chi connectivity index (χ3v) is 4.80. The van der Waals surface area contributed by atoms with Gasteiger partial charge in [0.05, 0.1) is 6.04 Å². The van der Waals surface area contributed by atoms with Crippen molar-refractivity contribution >= 4 is 17.2 Å². The van der Waals surface area contributed by atoms with Gasteiger partial charge in [-0.1, -0.05) is 39.0 Å². The molecule has 1 unspecified atom stereocenters. The number of nitrogens with one attached hydrogen (secondary N) is 1. The zero-order valence-corrected chi connectivity index (χ0v) is 16.5. The molecular weight excluding hydrogens is 332 g/mol. The monoisotopic (exact) mass is 360 g/mol. The van der Waals surface area contributed by atoms with E-state index in [4.69, 9.17) is 4.74 Å². The summed E-state index contributed by atoms with van der Waals surface area (Å²) in [6, 6.07) is 10.2. The number of amides is 1. The Kier molecular flexibility index (Phi) is 6.62. The van der Waals surface area contributed by atoms with Crippen LogP contribution in [0.1, 0.15) is 37.9 Å². The van der Waals surface area contributed by atoms with E-state index in [1.165, 1.54) is 5.56 Å². The topological polar surface area (TPSA) is 41.6 Å². The molecule has 0 aliphatic rings. The zero-order chi connectivity index (χ0) is 18.4. The maximum atomic E-state index is 12.2. The molecule has 0 saturated carbocycles. The average molecular weight is 361 g/mol. The van der Waals surface area contributed by atoms with Crippen molar-refractivity contribution in [3.05, 3.63) is 52.2 Å². The molecule has 25 heavy (non-hydrogen) atoms. The molecule has 0 saturated heterocycles. The van der Waals surface area contributed by atoms with Crippen LogP contribution in [0, 0.1) is 0 Å². The molecule has 1 N–H and O–H groups in total. The van der Waals surface area contributed by atoms with Crippen LogP contribution in [-0.4, -0.2) is 38.1 Å². The molecule has 0 spiro atoms. The molecule has 2 aromatic rings. The second-order valence-corrected chi connectivity index (χ2v) is 8.16. The van der Waals surface area contributed by atoms with Crippen LogP contribution in [0.5, 0.6) is 5.75 Å². The van der Waals surface area contributed by atoms with Crippen LogP contribution in [0.25, 0.3) is 0 Å². The summed E-state index contributed by atoms with van der Waals surface area (Å²) < 4.78 is 5.79. The third kappa shape index (κ3) is 5.58. The lowest BCUT2D eigenvalue weighted by molar-refractivity contribution is -0.123. The number of rotatable bonds is 7. The highest BCUT2D eigenvalue weighted by Gasteiger charge is 2.19. The largest absolute Gasteiger partial charge is 0.483 e. The maximum absolute atomic E-state index is 12.2. The molecule has 0 aliphatic carbocycles. The number of hydrogen-bond acceptors (Lipinski definition) is 4. The Balaban J connectivity index is 1.91. The molecule has 0 radical (unpaired) electrons.